The van der Waals surface area contributed by atoms with Crippen molar-refractivity contribution in [1.29, 1.82) is 0 Å². The maximum absolute atomic E-state index is 14.2. The van der Waals surface area contributed by atoms with E-state index >= 15 is 0 Å². The third-order valence-electron chi connectivity index (χ3n) is 5.88. The average molecular weight is 435 g/mol. The van der Waals surface area contributed by atoms with Crippen LogP contribution in [0.5, 0.6) is 11.5 Å². The van der Waals surface area contributed by atoms with Crippen LogP contribution in [-0.2, 0) is 12.7 Å². The van der Waals surface area contributed by atoms with Gasteiger partial charge in [0.25, 0.3) is 0 Å². The van der Waals surface area contributed by atoms with Crippen LogP contribution in [0.4, 0.5) is 17.6 Å². The largest absolute Gasteiger partial charge is 0.457 e. The van der Waals surface area contributed by atoms with Crippen LogP contribution in [0.3, 0.4) is 0 Å². The summed E-state index contributed by atoms with van der Waals surface area (Å²) in [7, 11) is 0. The number of H-pyrrole nitrogens is 1. The Bertz CT molecular complexity index is 1050. The van der Waals surface area contributed by atoms with E-state index in [1.807, 2.05) is 17.1 Å². The molecular weight excluding hydrogens is 410 g/mol. The highest BCUT2D eigenvalue weighted by Crippen LogP contribution is 2.35. The quantitative estimate of drug-likeness (QED) is 0.446. The minimum Gasteiger partial charge on any atom is -0.457 e. The molecule has 1 aromatic heterocycles. The molecule has 3 aromatic rings. The van der Waals surface area contributed by atoms with Gasteiger partial charge in [-0.1, -0.05) is 26.0 Å². The summed E-state index contributed by atoms with van der Waals surface area (Å²) < 4.78 is 58.3. The summed E-state index contributed by atoms with van der Waals surface area (Å²) in [6, 6.07) is 10.2. The van der Waals surface area contributed by atoms with Gasteiger partial charge < -0.3 is 15.0 Å². The number of nitrogens with one attached hydrogen (secondary N) is 2. The first-order valence-corrected chi connectivity index (χ1v) is 10.4. The first-order valence-electron chi connectivity index (χ1n) is 10.4. The van der Waals surface area contributed by atoms with Crippen molar-refractivity contribution in [3.8, 4) is 11.5 Å². The Hall–Kier alpha value is -2.61. The third kappa shape index (κ3) is 5.18. The topological polar surface area (TPSA) is 49.9 Å². The molecule has 1 fully saturated rings. The van der Waals surface area contributed by atoms with Crippen LogP contribution >= 0.6 is 0 Å². The molecule has 2 aromatic carbocycles. The van der Waals surface area contributed by atoms with Gasteiger partial charge in [0.1, 0.15) is 17.0 Å². The third-order valence-corrected chi connectivity index (χ3v) is 5.88. The molecule has 2 N–H and O–H groups in total. The second kappa shape index (κ2) is 8.15. The highest BCUT2D eigenvalue weighted by molar-refractivity contribution is 5.77. The minimum atomic E-state index is -4.68. The standard InChI is InChI=1S/C23H25F4N3O/c1-22(2)9-7-15(8-10-22)28-13-14-3-5-16(6-4-14)31-17-11-18(24)20-19(12-17)29-21(30-20)23(25,26)27/h3-6,11-12,15,28H,7-10,13H2,1-2H3,(H,29,30). The van der Waals surface area contributed by atoms with Crippen molar-refractivity contribution in [3.63, 3.8) is 0 Å². The van der Waals surface area contributed by atoms with Gasteiger partial charge in [0, 0.05) is 24.7 Å². The van der Waals surface area contributed by atoms with E-state index in [0.29, 0.717) is 17.2 Å². The van der Waals surface area contributed by atoms with E-state index in [1.54, 1.807) is 12.1 Å². The summed E-state index contributed by atoms with van der Waals surface area (Å²) in [4.78, 5) is 5.40. The molecule has 1 aliphatic rings. The number of rotatable bonds is 5. The van der Waals surface area contributed by atoms with Crippen molar-refractivity contribution in [2.75, 3.05) is 0 Å². The first kappa shape index (κ1) is 21.6. The van der Waals surface area contributed by atoms with E-state index in [4.69, 9.17) is 4.74 Å². The fourth-order valence-corrected chi connectivity index (χ4v) is 3.92. The molecule has 0 radical (unpaired) electrons. The molecule has 0 unspecified atom stereocenters. The molecule has 0 saturated heterocycles. The van der Waals surface area contributed by atoms with Gasteiger partial charge in [-0.25, -0.2) is 9.37 Å². The number of imidazole rings is 1. The van der Waals surface area contributed by atoms with E-state index in [1.165, 1.54) is 31.7 Å². The van der Waals surface area contributed by atoms with E-state index in [-0.39, 0.29) is 16.8 Å². The molecule has 0 bridgehead atoms. The Labute approximate surface area is 178 Å². The van der Waals surface area contributed by atoms with Crippen LogP contribution in [-0.4, -0.2) is 16.0 Å². The van der Waals surface area contributed by atoms with Crippen molar-refractivity contribution in [2.24, 2.45) is 5.41 Å². The molecule has 1 aliphatic carbocycles. The first-order chi connectivity index (χ1) is 14.6. The van der Waals surface area contributed by atoms with Crippen LogP contribution < -0.4 is 10.1 Å². The SMILES string of the molecule is CC1(C)CCC(NCc2ccc(Oc3cc(F)c4[nH]c(C(F)(F)F)nc4c3)cc2)CC1. The highest BCUT2D eigenvalue weighted by atomic mass is 19.4. The maximum atomic E-state index is 14.2. The lowest BCUT2D eigenvalue weighted by Crippen LogP contribution is -2.35. The Kier molecular flexibility index (Phi) is 5.68. The Balaban J connectivity index is 1.39. The van der Waals surface area contributed by atoms with Gasteiger partial charge in [0.05, 0.1) is 5.52 Å². The number of hydrogen-bond donors (Lipinski definition) is 2. The number of ether oxygens (including phenoxy) is 1. The van der Waals surface area contributed by atoms with Crippen LogP contribution in [0.1, 0.15) is 50.9 Å². The van der Waals surface area contributed by atoms with Gasteiger partial charge in [-0.15, -0.1) is 0 Å². The molecule has 0 amide bonds. The molecule has 1 saturated carbocycles. The summed E-state index contributed by atoms with van der Waals surface area (Å²) in [5.74, 6) is -1.54. The Morgan fingerprint density at radius 3 is 2.42 bits per heavy atom. The summed E-state index contributed by atoms with van der Waals surface area (Å²) in [6.07, 6.45) is 0.110. The lowest BCUT2D eigenvalue weighted by molar-refractivity contribution is -0.144. The zero-order valence-corrected chi connectivity index (χ0v) is 17.4. The van der Waals surface area contributed by atoms with Crippen LogP contribution in [0.25, 0.3) is 11.0 Å². The lowest BCUT2D eigenvalue weighted by Gasteiger charge is -2.34. The second-order valence-electron chi connectivity index (χ2n) is 8.95. The molecule has 0 aliphatic heterocycles. The van der Waals surface area contributed by atoms with Crippen LogP contribution in [0.2, 0.25) is 0 Å². The molecule has 0 spiro atoms. The van der Waals surface area contributed by atoms with E-state index in [9.17, 15) is 17.6 Å². The molecular formula is C23H25F4N3O. The summed E-state index contributed by atoms with van der Waals surface area (Å²) in [6.45, 7) is 5.37. The normalized spacial score (nSPS) is 17.2. The van der Waals surface area contributed by atoms with Gasteiger partial charge in [-0.05, 0) is 48.8 Å². The van der Waals surface area contributed by atoms with Gasteiger partial charge in [-0.3, -0.25) is 0 Å². The zero-order chi connectivity index (χ0) is 22.2. The summed E-state index contributed by atoms with van der Waals surface area (Å²) in [5, 5.41) is 3.59. The monoisotopic (exact) mass is 435 g/mol. The molecule has 4 rings (SSSR count). The molecule has 1 heterocycles. The second-order valence-corrected chi connectivity index (χ2v) is 8.95. The van der Waals surface area contributed by atoms with Crippen molar-refractivity contribution < 1.29 is 22.3 Å². The molecule has 0 atom stereocenters. The number of fused-ring (bicyclic) bond motifs is 1. The van der Waals surface area contributed by atoms with Crippen LogP contribution in [0.15, 0.2) is 36.4 Å². The van der Waals surface area contributed by atoms with E-state index in [2.05, 4.69) is 24.1 Å². The van der Waals surface area contributed by atoms with Crippen molar-refractivity contribution >= 4 is 11.0 Å². The molecule has 166 valence electrons. The van der Waals surface area contributed by atoms with Crippen molar-refractivity contribution in [3.05, 3.63) is 53.6 Å². The number of aromatic amines is 1. The number of benzene rings is 2. The number of alkyl halides is 3. The van der Waals surface area contributed by atoms with Crippen molar-refractivity contribution in [2.45, 2.75) is 58.3 Å². The maximum Gasteiger partial charge on any atom is 0.449 e. The van der Waals surface area contributed by atoms with Gasteiger partial charge in [0.2, 0.25) is 5.82 Å². The van der Waals surface area contributed by atoms with Crippen LogP contribution in [0, 0.1) is 11.2 Å². The van der Waals surface area contributed by atoms with E-state index in [0.717, 1.165) is 18.2 Å². The minimum absolute atomic E-state index is 0.0842. The Morgan fingerprint density at radius 1 is 1.10 bits per heavy atom. The Morgan fingerprint density at radius 2 is 1.77 bits per heavy atom. The fraction of sp³-hybridized carbons (Fsp3) is 0.435. The molecule has 31 heavy (non-hydrogen) atoms. The number of nitrogens with zero attached hydrogens (tertiary/aromatic N) is 1. The fourth-order valence-electron chi connectivity index (χ4n) is 3.92. The molecule has 8 heteroatoms. The smallest absolute Gasteiger partial charge is 0.449 e. The summed E-state index contributed by atoms with van der Waals surface area (Å²) >= 11 is 0. The van der Waals surface area contributed by atoms with Crippen molar-refractivity contribution in [1.82, 2.24) is 15.3 Å². The van der Waals surface area contributed by atoms with Gasteiger partial charge in [0.15, 0.2) is 5.82 Å². The predicted molar refractivity (Wildman–Crippen MR) is 110 cm³/mol. The average Bonchev–Trinajstić information content (AvgIpc) is 3.14. The number of aromatic nitrogens is 2. The van der Waals surface area contributed by atoms with E-state index < -0.39 is 17.8 Å². The number of halogens is 4. The van der Waals surface area contributed by atoms with Gasteiger partial charge >= 0.3 is 6.18 Å². The summed E-state index contributed by atoms with van der Waals surface area (Å²) in [5.41, 5.74) is 1.09. The molecule has 4 nitrogen and oxygen atoms in total. The van der Waals surface area contributed by atoms with Gasteiger partial charge in [-0.2, -0.15) is 13.2 Å². The zero-order valence-electron chi connectivity index (χ0n) is 17.4. The predicted octanol–water partition coefficient (Wildman–Crippen LogP) is 6.57. The highest BCUT2D eigenvalue weighted by Gasteiger charge is 2.35. The lowest BCUT2D eigenvalue weighted by atomic mass is 9.75. The number of hydrogen-bond acceptors (Lipinski definition) is 3.